The standard InChI is InChI=1S/C11H18N2O9/c14-5(3-12-6(10(19)20)1-8(15)16)4-13-7(11(21)22)2-9(17)18/h5-7,12-14H,1-4H2,(H,15,16)(H,17,18)(H,19,20)(H,21,22). The van der Waals surface area contributed by atoms with Crippen LogP contribution >= 0.6 is 0 Å². The molecule has 22 heavy (non-hydrogen) atoms. The molecule has 2 unspecified atom stereocenters. The van der Waals surface area contributed by atoms with Gasteiger partial charge in [0.2, 0.25) is 0 Å². The number of carboxylic acid groups (broad SMARTS) is 4. The zero-order valence-corrected chi connectivity index (χ0v) is 11.4. The quantitative estimate of drug-likeness (QED) is 0.199. The first-order chi connectivity index (χ1) is 10.1. The van der Waals surface area contributed by atoms with Gasteiger partial charge in [0.25, 0.3) is 0 Å². The van der Waals surface area contributed by atoms with Crippen LogP contribution in [0, 0.1) is 0 Å². The van der Waals surface area contributed by atoms with Gasteiger partial charge < -0.3 is 36.2 Å². The maximum absolute atomic E-state index is 10.8. The second-order valence-corrected chi connectivity index (χ2v) is 4.45. The van der Waals surface area contributed by atoms with Crippen LogP contribution in [0.15, 0.2) is 0 Å². The summed E-state index contributed by atoms with van der Waals surface area (Å²) in [4.78, 5) is 42.4. The van der Waals surface area contributed by atoms with E-state index in [1.807, 2.05) is 0 Å². The van der Waals surface area contributed by atoms with E-state index in [-0.39, 0.29) is 13.1 Å². The smallest absolute Gasteiger partial charge is 0.321 e. The van der Waals surface area contributed by atoms with Crippen molar-refractivity contribution in [1.29, 1.82) is 0 Å². The summed E-state index contributed by atoms with van der Waals surface area (Å²) in [5.41, 5.74) is 0. The molecular weight excluding hydrogens is 304 g/mol. The zero-order valence-electron chi connectivity index (χ0n) is 11.4. The van der Waals surface area contributed by atoms with Gasteiger partial charge in [0.1, 0.15) is 12.1 Å². The number of aliphatic hydroxyl groups is 1. The molecule has 0 aliphatic rings. The van der Waals surface area contributed by atoms with Gasteiger partial charge in [0.15, 0.2) is 0 Å². The Morgan fingerprint density at radius 3 is 1.27 bits per heavy atom. The monoisotopic (exact) mass is 322 g/mol. The minimum absolute atomic E-state index is 0.309. The molecule has 0 bridgehead atoms. The van der Waals surface area contributed by atoms with Crippen LogP contribution in [-0.2, 0) is 19.2 Å². The molecule has 11 heteroatoms. The second kappa shape index (κ2) is 9.65. The van der Waals surface area contributed by atoms with E-state index in [1.54, 1.807) is 0 Å². The molecule has 0 amide bonds. The van der Waals surface area contributed by atoms with Crippen molar-refractivity contribution in [2.24, 2.45) is 0 Å². The molecule has 0 saturated carbocycles. The molecular formula is C11H18N2O9. The van der Waals surface area contributed by atoms with E-state index in [0.717, 1.165) is 0 Å². The van der Waals surface area contributed by atoms with Crippen molar-refractivity contribution in [2.75, 3.05) is 13.1 Å². The van der Waals surface area contributed by atoms with E-state index in [4.69, 9.17) is 20.4 Å². The van der Waals surface area contributed by atoms with Gasteiger partial charge in [-0.3, -0.25) is 19.2 Å². The van der Waals surface area contributed by atoms with Crippen molar-refractivity contribution >= 4 is 23.9 Å². The van der Waals surface area contributed by atoms with Gasteiger partial charge in [-0.2, -0.15) is 0 Å². The lowest BCUT2D eigenvalue weighted by atomic mass is 10.2. The minimum atomic E-state index is -1.41. The van der Waals surface area contributed by atoms with Crippen molar-refractivity contribution in [2.45, 2.75) is 31.0 Å². The van der Waals surface area contributed by atoms with Gasteiger partial charge in [-0.25, -0.2) is 0 Å². The molecule has 126 valence electrons. The Labute approximate surface area is 124 Å². The van der Waals surface area contributed by atoms with E-state index in [0.29, 0.717) is 0 Å². The van der Waals surface area contributed by atoms with Crippen molar-refractivity contribution in [1.82, 2.24) is 10.6 Å². The number of hydrogen-bond acceptors (Lipinski definition) is 7. The molecule has 0 aromatic heterocycles. The van der Waals surface area contributed by atoms with Gasteiger partial charge in [0.05, 0.1) is 18.9 Å². The first-order valence-electron chi connectivity index (χ1n) is 6.17. The number of carbonyl (C=O) groups is 4. The molecule has 11 nitrogen and oxygen atoms in total. The molecule has 0 aromatic rings. The van der Waals surface area contributed by atoms with Crippen LogP contribution in [0.1, 0.15) is 12.8 Å². The lowest BCUT2D eigenvalue weighted by Gasteiger charge is -2.18. The Morgan fingerprint density at radius 2 is 1.05 bits per heavy atom. The van der Waals surface area contributed by atoms with Gasteiger partial charge in [-0.15, -0.1) is 0 Å². The van der Waals surface area contributed by atoms with Crippen LogP contribution in [0.5, 0.6) is 0 Å². The van der Waals surface area contributed by atoms with E-state index in [2.05, 4.69) is 10.6 Å². The summed E-state index contributed by atoms with van der Waals surface area (Å²) in [6.07, 6.45) is -2.61. The molecule has 7 N–H and O–H groups in total. The first-order valence-corrected chi connectivity index (χ1v) is 6.17. The van der Waals surface area contributed by atoms with Crippen molar-refractivity contribution < 1.29 is 44.7 Å². The predicted octanol–water partition coefficient (Wildman–Crippen LogP) is -2.62. The molecule has 0 aliphatic heterocycles. The average Bonchev–Trinajstić information content (AvgIpc) is 2.37. The van der Waals surface area contributed by atoms with Crippen LogP contribution in [0.2, 0.25) is 0 Å². The van der Waals surface area contributed by atoms with Crippen molar-refractivity contribution in [3.63, 3.8) is 0 Å². The summed E-state index contributed by atoms with van der Waals surface area (Å²) in [5.74, 6) is -5.48. The fraction of sp³-hybridized carbons (Fsp3) is 0.636. The largest absolute Gasteiger partial charge is 0.481 e. The molecule has 0 radical (unpaired) electrons. The van der Waals surface area contributed by atoms with Gasteiger partial charge in [0, 0.05) is 13.1 Å². The molecule has 0 aromatic carbocycles. The van der Waals surface area contributed by atoms with Crippen molar-refractivity contribution in [3.05, 3.63) is 0 Å². The van der Waals surface area contributed by atoms with Crippen LogP contribution in [0.25, 0.3) is 0 Å². The number of carboxylic acids is 4. The van der Waals surface area contributed by atoms with E-state index >= 15 is 0 Å². The fourth-order valence-corrected chi connectivity index (χ4v) is 1.47. The number of rotatable bonds is 12. The molecule has 0 rings (SSSR count). The Morgan fingerprint density at radius 1 is 0.727 bits per heavy atom. The minimum Gasteiger partial charge on any atom is -0.481 e. The maximum atomic E-state index is 10.8. The van der Waals surface area contributed by atoms with Gasteiger partial charge in [-0.05, 0) is 0 Å². The Balaban J connectivity index is 4.28. The maximum Gasteiger partial charge on any atom is 0.321 e. The third kappa shape index (κ3) is 8.84. The molecule has 0 fully saturated rings. The topological polar surface area (TPSA) is 193 Å². The van der Waals surface area contributed by atoms with Gasteiger partial charge in [-0.1, -0.05) is 0 Å². The third-order valence-corrected chi connectivity index (χ3v) is 2.55. The van der Waals surface area contributed by atoms with Crippen LogP contribution in [0.3, 0.4) is 0 Å². The summed E-state index contributed by atoms with van der Waals surface area (Å²) in [6.45, 7) is -0.618. The third-order valence-electron chi connectivity index (χ3n) is 2.55. The summed E-state index contributed by atoms with van der Waals surface area (Å²) in [5, 5.41) is 48.8. The number of hydrogen-bond donors (Lipinski definition) is 7. The molecule has 2 atom stereocenters. The number of aliphatic hydroxyl groups excluding tert-OH is 1. The predicted molar refractivity (Wildman–Crippen MR) is 69.4 cm³/mol. The van der Waals surface area contributed by atoms with Crippen LogP contribution in [-0.4, -0.2) is 80.7 Å². The number of nitrogens with one attached hydrogen (secondary N) is 2. The highest BCUT2D eigenvalue weighted by Gasteiger charge is 2.23. The summed E-state index contributed by atoms with van der Waals surface area (Å²) < 4.78 is 0. The fourth-order valence-electron chi connectivity index (χ4n) is 1.47. The highest BCUT2D eigenvalue weighted by Crippen LogP contribution is 1.96. The highest BCUT2D eigenvalue weighted by atomic mass is 16.4. The normalized spacial score (nSPS) is 14.8. The van der Waals surface area contributed by atoms with E-state index in [9.17, 15) is 24.3 Å². The first kappa shape index (κ1) is 19.8. The van der Waals surface area contributed by atoms with E-state index in [1.165, 1.54) is 0 Å². The summed E-state index contributed by atoms with van der Waals surface area (Å²) in [7, 11) is 0. The van der Waals surface area contributed by atoms with E-state index < -0.39 is 54.9 Å². The average molecular weight is 322 g/mol. The SMILES string of the molecule is O=C(O)CC(NCC(O)CNC(CC(=O)O)C(=O)O)C(=O)O. The molecule has 0 heterocycles. The second-order valence-electron chi connectivity index (χ2n) is 4.45. The lowest BCUT2D eigenvalue weighted by molar-refractivity contribution is -0.146. The highest BCUT2D eigenvalue weighted by molar-refractivity contribution is 5.81. The van der Waals surface area contributed by atoms with Crippen molar-refractivity contribution in [3.8, 4) is 0 Å². The number of aliphatic carboxylic acids is 4. The molecule has 0 saturated heterocycles. The lowest BCUT2D eigenvalue weighted by Crippen LogP contribution is -2.47. The summed E-state index contributed by atoms with van der Waals surface area (Å²) in [6, 6.07) is -2.80. The Kier molecular flexibility index (Phi) is 8.67. The van der Waals surface area contributed by atoms with Gasteiger partial charge >= 0.3 is 23.9 Å². The molecule has 0 aliphatic carbocycles. The summed E-state index contributed by atoms with van der Waals surface area (Å²) >= 11 is 0. The van der Waals surface area contributed by atoms with Crippen LogP contribution < -0.4 is 10.6 Å². The zero-order chi connectivity index (χ0) is 17.3. The van der Waals surface area contributed by atoms with Crippen LogP contribution in [0.4, 0.5) is 0 Å². The molecule has 0 spiro atoms. The Hall–Kier alpha value is -2.24. The Bertz CT molecular complexity index is 388.